The minimum absolute atomic E-state index is 0.274. The van der Waals surface area contributed by atoms with Gasteiger partial charge >= 0.3 is 0 Å². The van der Waals surface area contributed by atoms with Crippen LogP contribution in [0.15, 0.2) is 4.34 Å². The fourth-order valence-corrected chi connectivity index (χ4v) is 2.91. The van der Waals surface area contributed by atoms with E-state index < -0.39 is 0 Å². The molecule has 0 spiro atoms. The van der Waals surface area contributed by atoms with Crippen molar-refractivity contribution in [2.24, 2.45) is 0 Å². The Morgan fingerprint density at radius 3 is 2.69 bits per heavy atom. The molecule has 0 N–H and O–H groups in total. The Bertz CT molecular complexity index is 339. The zero-order chi connectivity index (χ0) is 12.0. The van der Waals surface area contributed by atoms with E-state index in [0.29, 0.717) is 6.42 Å². The van der Waals surface area contributed by atoms with E-state index in [0.717, 1.165) is 28.1 Å². The van der Waals surface area contributed by atoms with Crippen LogP contribution in [0.5, 0.6) is 0 Å². The first-order valence-corrected chi connectivity index (χ1v) is 7.03. The number of unbranched alkanes of at least 4 members (excludes halogenated alkanes) is 1. The number of thioether (sulfide) groups is 1. The molecule has 90 valence electrons. The Labute approximate surface area is 104 Å². The molecule has 0 aromatic carbocycles. The van der Waals surface area contributed by atoms with Crippen molar-refractivity contribution in [2.45, 2.75) is 30.5 Å². The molecule has 0 saturated carbocycles. The molecule has 1 rings (SSSR count). The molecule has 1 aromatic rings. The number of aromatic nitrogens is 2. The highest BCUT2D eigenvalue weighted by atomic mass is 32.2. The molecule has 4 nitrogen and oxygen atoms in total. The molecular formula is C10H17N3OS2. The maximum atomic E-state index is 10.7. The molecule has 16 heavy (non-hydrogen) atoms. The standard InChI is InChI=1S/C10H17N3OS2/c1-8(14)6-4-5-7-15-10-12-11-9(16-10)13(2)3/h4-7H2,1-3H3. The highest BCUT2D eigenvalue weighted by Gasteiger charge is 2.05. The first-order chi connectivity index (χ1) is 7.59. The van der Waals surface area contributed by atoms with Crippen molar-refractivity contribution in [3.05, 3.63) is 0 Å². The number of ketones is 1. The zero-order valence-corrected chi connectivity index (χ0v) is 11.5. The molecule has 0 aliphatic carbocycles. The van der Waals surface area contributed by atoms with Gasteiger partial charge in [-0.05, 0) is 19.8 Å². The van der Waals surface area contributed by atoms with E-state index in [-0.39, 0.29) is 5.78 Å². The van der Waals surface area contributed by atoms with Crippen LogP contribution in [0.3, 0.4) is 0 Å². The van der Waals surface area contributed by atoms with Crippen molar-refractivity contribution in [2.75, 3.05) is 24.7 Å². The average molecular weight is 259 g/mol. The van der Waals surface area contributed by atoms with E-state index in [4.69, 9.17) is 0 Å². The molecule has 0 atom stereocenters. The summed E-state index contributed by atoms with van der Waals surface area (Å²) in [6, 6.07) is 0. The normalized spacial score (nSPS) is 10.4. The quantitative estimate of drug-likeness (QED) is 0.556. The molecule has 0 bridgehead atoms. The minimum Gasteiger partial charge on any atom is -0.353 e. The van der Waals surface area contributed by atoms with Crippen molar-refractivity contribution < 1.29 is 4.79 Å². The number of hydrogen-bond acceptors (Lipinski definition) is 6. The molecule has 0 unspecified atom stereocenters. The predicted octanol–water partition coefficient (Wildman–Crippen LogP) is 2.46. The summed E-state index contributed by atoms with van der Waals surface area (Å²) in [6.07, 6.45) is 2.72. The van der Waals surface area contributed by atoms with Crippen LogP contribution in [-0.4, -0.2) is 35.8 Å². The molecule has 0 aliphatic rings. The largest absolute Gasteiger partial charge is 0.353 e. The first-order valence-electron chi connectivity index (χ1n) is 5.22. The van der Waals surface area contributed by atoms with Crippen LogP contribution in [0.2, 0.25) is 0 Å². The van der Waals surface area contributed by atoms with Crippen molar-refractivity contribution >= 4 is 34.0 Å². The Balaban J connectivity index is 2.19. The summed E-state index contributed by atoms with van der Waals surface area (Å²) in [4.78, 5) is 12.7. The van der Waals surface area contributed by atoms with Crippen LogP contribution >= 0.6 is 23.1 Å². The molecule has 0 aliphatic heterocycles. The molecule has 1 heterocycles. The van der Waals surface area contributed by atoms with E-state index in [1.807, 2.05) is 19.0 Å². The van der Waals surface area contributed by atoms with Gasteiger partial charge in [-0.1, -0.05) is 23.1 Å². The van der Waals surface area contributed by atoms with Gasteiger partial charge < -0.3 is 9.69 Å². The second-order valence-corrected chi connectivity index (χ2v) is 6.05. The second kappa shape index (κ2) is 6.85. The summed E-state index contributed by atoms with van der Waals surface area (Å²) in [6.45, 7) is 1.64. The Kier molecular flexibility index (Phi) is 5.76. The van der Waals surface area contributed by atoms with Crippen molar-refractivity contribution in [1.29, 1.82) is 0 Å². The third kappa shape index (κ3) is 4.94. The van der Waals surface area contributed by atoms with Gasteiger partial charge in [0.15, 0.2) is 4.34 Å². The topological polar surface area (TPSA) is 46.1 Å². The molecule has 0 radical (unpaired) electrons. The van der Waals surface area contributed by atoms with E-state index in [1.165, 1.54) is 0 Å². The molecule has 0 amide bonds. The van der Waals surface area contributed by atoms with Crippen molar-refractivity contribution in [3.8, 4) is 0 Å². The van der Waals surface area contributed by atoms with E-state index >= 15 is 0 Å². The minimum atomic E-state index is 0.274. The molecular weight excluding hydrogens is 242 g/mol. The monoisotopic (exact) mass is 259 g/mol. The summed E-state index contributed by atoms with van der Waals surface area (Å²) < 4.78 is 1.01. The first kappa shape index (κ1) is 13.4. The lowest BCUT2D eigenvalue weighted by Crippen LogP contribution is -2.07. The third-order valence-electron chi connectivity index (χ3n) is 1.93. The van der Waals surface area contributed by atoms with E-state index in [1.54, 1.807) is 30.0 Å². The van der Waals surface area contributed by atoms with Gasteiger partial charge in [0.1, 0.15) is 5.78 Å². The summed E-state index contributed by atoms with van der Waals surface area (Å²) in [7, 11) is 3.92. The van der Waals surface area contributed by atoms with Crippen LogP contribution in [0, 0.1) is 0 Å². The van der Waals surface area contributed by atoms with Gasteiger partial charge in [-0.3, -0.25) is 0 Å². The smallest absolute Gasteiger partial charge is 0.208 e. The lowest BCUT2D eigenvalue weighted by molar-refractivity contribution is -0.117. The van der Waals surface area contributed by atoms with E-state index in [2.05, 4.69) is 10.2 Å². The van der Waals surface area contributed by atoms with Gasteiger partial charge in [0.25, 0.3) is 0 Å². The van der Waals surface area contributed by atoms with Crippen molar-refractivity contribution in [1.82, 2.24) is 10.2 Å². The number of hydrogen-bond donors (Lipinski definition) is 0. The van der Waals surface area contributed by atoms with E-state index in [9.17, 15) is 4.79 Å². The Morgan fingerprint density at radius 1 is 1.38 bits per heavy atom. The summed E-state index contributed by atoms with van der Waals surface area (Å²) >= 11 is 3.32. The lowest BCUT2D eigenvalue weighted by Gasteiger charge is -2.03. The number of carbonyl (C=O) groups is 1. The lowest BCUT2D eigenvalue weighted by atomic mass is 10.2. The van der Waals surface area contributed by atoms with Gasteiger partial charge in [-0.15, -0.1) is 10.2 Å². The summed E-state index contributed by atoms with van der Waals surface area (Å²) in [5.41, 5.74) is 0. The number of anilines is 1. The van der Waals surface area contributed by atoms with Crippen LogP contribution in [0.4, 0.5) is 5.13 Å². The maximum absolute atomic E-state index is 10.7. The zero-order valence-electron chi connectivity index (χ0n) is 9.89. The molecule has 0 saturated heterocycles. The summed E-state index contributed by atoms with van der Waals surface area (Å²) in [5, 5.41) is 9.09. The van der Waals surface area contributed by atoms with Gasteiger partial charge in [0.05, 0.1) is 0 Å². The molecule has 6 heteroatoms. The van der Waals surface area contributed by atoms with Gasteiger partial charge in [-0.2, -0.15) is 0 Å². The summed E-state index contributed by atoms with van der Waals surface area (Å²) in [5.74, 6) is 1.28. The average Bonchev–Trinajstić information content (AvgIpc) is 2.65. The number of rotatable bonds is 7. The van der Waals surface area contributed by atoms with Crippen LogP contribution in [0.1, 0.15) is 26.2 Å². The fraction of sp³-hybridized carbons (Fsp3) is 0.700. The highest BCUT2D eigenvalue weighted by Crippen LogP contribution is 2.27. The Hall–Kier alpha value is -0.620. The van der Waals surface area contributed by atoms with Crippen LogP contribution < -0.4 is 4.90 Å². The predicted molar refractivity (Wildman–Crippen MR) is 69.5 cm³/mol. The Morgan fingerprint density at radius 2 is 2.12 bits per heavy atom. The van der Waals surface area contributed by atoms with Crippen LogP contribution in [0.25, 0.3) is 0 Å². The second-order valence-electron chi connectivity index (χ2n) is 3.75. The molecule has 1 aromatic heterocycles. The highest BCUT2D eigenvalue weighted by molar-refractivity contribution is 8.01. The number of nitrogens with zero attached hydrogens (tertiary/aromatic N) is 3. The third-order valence-corrected chi connectivity index (χ3v) is 4.24. The number of Topliss-reactive ketones (excluding diaryl/α,β-unsaturated/α-hetero) is 1. The van der Waals surface area contributed by atoms with Crippen LogP contribution in [-0.2, 0) is 4.79 Å². The van der Waals surface area contributed by atoms with Gasteiger partial charge in [0.2, 0.25) is 5.13 Å². The molecule has 0 fully saturated rings. The maximum Gasteiger partial charge on any atom is 0.208 e. The van der Waals surface area contributed by atoms with Crippen molar-refractivity contribution in [3.63, 3.8) is 0 Å². The SMILES string of the molecule is CC(=O)CCCCSc1nnc(N(C)C)s1. The van der Waals surface area contributed by atoms with Gasteiger partial charge in [-0.25, -0.2) is 0 Å². The van der Waals surface area contributed by atoms with Gasteiger partial charge in [0, 0.05) is 26.3 Å². The fourth-order valence-electron chi connectivity index (χ4n) is 1.08. The number of carbonyl (C=O) groups excluding carboxylic acids is 1.